The predicted molar refractivity (Wildman–Crippen MR) is 82.9 cm³/mol. The largest absolute Gasteiger partial charge is 0.396 e. The second kappa shape index (κ2) is 5.99. The minimum absolute atomic E-state index is 0.0870. The topological polar surface area (TPSA) is 49.3 Å². The highest BCUT2D eigenvalue weighted by Crippen LogP contribution is 2.49. The first kappa shape index (κ1) is 15.5. The van der Waals surface area contributed by atoms with Crippen molar-refractivity contribution in [3.8, 4) is 0 Å². The molecule has 0 spiro atoms. The van der Waals surface area contributed by atoms with Gasteiger partial charge in [0, 0.05) is 17.5 Å². The van der Waals surface area contributed by atoms with Gasteiger partial charge in [0.2, 0.25) is 5.91 Å². The van der Waals surface area contributed by atoms with Gasteiger partial charge in [0.05, 0.1) is 12.0 Å². The third kappa shape index (κ3) is 2.76. The molecule has 0 unspecified atom stereocenters. The first-order valence-corrected chi connectivity index (χ1v) is 8.26. The van der Waals surface area contributed by atoms with Crippen molar-refractivity contribution in [3.63, 3.8) is 0 Å². The summed E-state index contributed by atoms with van der Waals surface area (Å²) >= 11 is 0. The zero-order valence-corrected chi connectivity index (χ0v) is 12.9. The Bertz CT molecular complexity index is 548. The summed E-state index contributed by atoms with van der Waals surface area (Å²) in [6.45, 7) is 0.610. The minimum atomic E-state index is -0.684. The average Bonchev–Trinajstić information content (AvgIpc) is 3.36. The van der Waals surface area contributed by atoms with Crippen LogP contribution < -0.4 is 5.32 Å². The van der Waals surface area contributed by atoms with E-state index in [0.717, 1.165) is 25.7 Å². The fraction of sp³-hybridized carbons (Fsp3) is 0.611. The Morgan fingerprint density at radius 1 is 1.14 bits per heavy atom. The Labute approximate surface area is 130 Å². The van der Waals surface area contributed by atoms with Crippen molar-refractivity contribution < 1.29 is 14.3 Å². The zero-order valence-electron chi connectivity index (χ0n) is 12.9. The standard InChI is InChI=1S/C18H24FNO2/c19-15-7-3-2-6-14(15)18(10-11-18)16(22)20-12-17(13-21)8-4-1-5-9-17/h2-3,6-7,21H,1,4-5,8-13H2,(H,20,22). The fourth-order valence-corrected chi connectivity index (χ4v) is 3.72. The van der Waals surface area contributed by atoms with Crippen molar-refractivity contribution in [1.29, 1.82) is 0 Å². The van der Waals surface area contributed by atoms with Gasteiger partial charge in [-0.3, -0.25) is 4.79 Å². The number of aliphatic hydroxyl groups is 1. The minimum Gasteiger partial charge on any atom is -0.396 e. The lowest BCUT2D eigenvalue weighted by atomic mass is 9.74. The van der Waals surface area contributed by atoms with Gasteiger partial charge in [-0.15, -0.1) is 0 Å². The summed E-state index contributed by atoms with van der Waals surface area (Å²) in [6, 6.07) is 6.56. The second-order valence-electron chi connectivity index (χ2n) is 6.96. The molecule has 120 valence electrons. The van der Waals surface area contributed by atoms with Crippen molar-refractivity contribution in [3.05, 3.63) is 35.6 Å². The third-order valence-electron chi connectivity index (χ3n) is 5.45. The van der Waals surface area contributed by atoms with Crippen LogP contribution in [0.1, 0.15) is 50.5 Å². The number of nitrogens with one attached hydrogen (secondary N) is 1. The lowest BCUT2D eigenvalue weighted by Crippen LogP contribution is -2.45. The van der Waals surface area contributed by atoms with E-state index in [2.05, 4.69) is 5.32 Å². The molecular weight excluding hydrogens is 281 g/mol. The Balaban J connectivity index is 1.68. The maximum atomic E-state index is 14.0. The molecule has 3 nitrogen and oxygen atoms in total. The van der Waals surface area contributed by atoms with Gasteiger partial charge in [-0.1, -0.05) is 37.5 Å². The molecule has 1 aromatic rings. The van der Waals surface area contributed by atoms with Gasteiger partial charge in [-0.05, 0) is 31.7 Å². The van der Waals surface area contributed by atoms with Crippen LogP contribution in [0.25, 0.3) is 0 Å². The molecule has 0 heterocycles. The van der Waals surface area contributed by atoms with E-state index in [9.17, 15) is 14.3 Å². The lowest BCUT2D eigenvalue weighted by molar-refractivity contribution is -0.124. The van der Waals surface area contributed by atoms with Crippen molar-refractivity contribution in [1.82, 2.24) is 5.32 Å². The third-order valence-corrected chi connectivity index (χ3v) is 5.45. The number of benzene rings is 1. The Hall–Kier alpha value is -1.42. The van der Waals surface area contributed by atoms with Crippen LogP contribution in [0.3, 0.4) is 0 Å². The molecule has 0 saturated heterocycles. The maximum absolute atomic E-state index is 14.0. The quantitative estimate of drug-likeness (QED) is 0.879. The molecule has 2 saturated carbocycles. The molecule has 3 rings (SSSR count). The maximum Gasteiger partial charge on any atom is 0.230 e. The summed E-state index contributed by atoms with van der Waals surface area (Å²) in [4.78, 5) is 12.6. The number of hydrogen-bond donors (Lipinski definition) is 2. The van der Waals surface area contributed by atoms with E-state index < -0.39 is 5.41 Å². The van der Waals surface area contributed by atoms with E-state index in [-0.39, 0.29) is 23.7 Å². The van der Waals surface area contributed by atoms with Crippen LogP contribution in [-0.4, -0.2) is 24.2 Å². The summed E-state index contributed by atoms with van der Waals surface area (Å²) in [7, 11) is 0. The van der Waals surface area contributed by atoms with E-state index in [1.807, 2.05) is 0 Å². The Morgan fingerprint density at radius 2 is 1.82 bits per heavy atom. The molecule has 2 fully saturated rings. The molecule has 22 heavy (non-hydrogen) atoms. The molecule has 4 heteroatoms. The highest BCUT2D eigenvalue weighted by atomic mass is 19.1. The Kier molecular flexibility index (Phi) is 4.22. The summed E-state index contributed by atoms with van der Waals surface area (Å²) in [6.07, 6.45) is 6.73. The zero-order chi connectivity index (χ0) is 15.6. The number of amides is 1. The van der Waals surface area contributed by atoms with Crippen molar-refractivity contribution in [2.24, 2.45) is 5.41 Å². The van der Waals surface area contributed by atoms with Gasteiger partial charge in [0.1, 0.15) is 5.82 Å². The molecule has 0 aliphatic heterocycles. The number of hydrogen-bond acceptors (Lipinski definition) is 2. The molecule has 0 bridgehead atoms. The molecule has 0 aromatic heterocycles. The summed E-state index contributed by atoms with van der Waals surface area (Å²) < 4.78 is 14.0. The summed E-state index contributed by atoms with van der Waals surface area (Å²) in [5.74, 6) is -0.388. The highest BCUT2D eigenvalue weighted by molar-refractivity contribution is 5.91. The van der Waals surface area contributed by atoms with Crippen LogP contribution in [0, 0.1) is 11.2 Å². The molecule has 0 atom stereocenters. The second-order valence-corrected chi connectivity index (χ2v) is 6.96. The van der Waals surface area contributed by atoms with Crippen LogP contribution in [0.2, 0.25) is 0 Å². The molecule has 2 N–H and O–H groups in total. The van der Waals surface area contributed by atoms with Gasteiger partial charge in [0.15, 0.2) is 0 Å². The van der Waals surface area contributed by atoms with Crippen molar-refractivity contribution >= 4 is 5.91 Å². The van der Waals surface area contributed by atoms with Crippen molar-refractivity contribution in [2.75, 3.05) is 13.2 Å². The van der Waals surface area contributed by atoms with Gasteiger partial charge < -0.3 is 10.4 Å². The molecule has 2 aliphatic rings. The van der Waals surface area contributed by atoms with E-state index in [1.54, 1.807) is 18.2 Å². The predicted octanol–water partition coefficient (Wildman–Crippen LogP) is 2.92. The normalized spacial score (nSPS) is 22.1. The first-order valence-electron chi connectivity index (χ1n) is 8.26. The van der Waals surface area contributed by atoms with Crippen LogP contribution in [-0.2, 0) is 10.2 Å². The molecular formula is C18H24FNO2. The molecule has 0 radical (unpaired) electrons. The number of rotatable bonds is 5. The summed E-state index contributed by atoms with van der Waals surface area (Å²) in [5.41, 5.74) is -0.357. The SMILES string of the molecule is O=C(NCC1(CO)CCCCC1)C1(c2ccccc2F)CC1. The van der Waals surface area contributed by atoms with Crippen LogP contribution in [0.4, 0.5) is 4.39 Å². The summed E-state index contributed by atoms with van der Waals surface area (Å²) in [5, 5.41) is 12.7. The number of aliphatic hydroxyl groups excluding tert-OH is 1. The van der Waals surface area contributed by atoms with Gasteiger partial charge in [0.25, 0.3) is 0 Å². The van der Waals surface area contributed by atoms with E-state index >= 15 is 0 Å². The van der Waals surface area contributed by atoms with Gasteiger partial charge in [-0.2, -0.15) is 0 Å². The lowest BCUT2D eigenvalue weighted by Gasteiger charge is -2.36. The monoisotopic (exact) mass is 305 g/mol. The average molecular weight is 305 g/mol. The molecule has 1 amide bonds. The molecule has 2 aliphatic carbocycles. The van der Waals surface area contributed by atoms with Crippen molar-refractivity contribution in [2.45, 2.75) is 50.4 Å². The fourth-order valence-electron chi connectivity index (χ4n) is 3.72. The smallest absolute Gasteiger partial charge is 0.230 e. The van der Waals surface area contributed by atoms with Crippen LogP contribution in [0.15, 0.2) is 24.3 Å². The van der Waals surface area contributed by atoms with E-state index in [0.29, 0.717) is 24.9 Å². The first-order chi connectivity index (χ1) is 10.6. The Morgan fingerprint density at radius 3 is 2.41 bits per heavy atom. The number of halogens is 1. The van der Waals surface area contributed by atoms with Gasteiger partial charge in [-0.25, -0.2) is 4.39 Å². The number of carbonyl (C=O) groups is 1. The number of carbonyl (C=O) groups excluding carboxylic acids is 1. The van der Waals surface area contributed by atoms with Gasteiger partial charge >= 0.3 is 0 Å². The van der Waals surface area contributed by atoms with E-state index in [4.69, 9.17) is 0 Å². The highest BCUT2D eigenvalue weighted by Gasteiger charge is 2.52. The van der Waals surface area contributed by atoms with E-state index in [1.165, 1.54) is 12.5 Å². The van der Waals surface area contributed by atoms with Crippen LogP contribution >= 0.6 is 0 Å². The van der Waals surface area contributed by atoms with Crippen LogP contribution in [0.5, 0.6) is 0 Å². The molecule has 1 aromatic carbocycles.